The van der Waals surface area contributed by atoms with Gasteiger partial charge >= 0.3 is 0 Å². The summed E-state index contributed by atoms with van der Waals surface area (Å²) in [6, 6.07) is 9.80. The third-order valence-corrected chi connectivity index (χ3v) is 3.94. The Labute approximate surface area is 135 Å². The lowest BCUT2D eigenvalue weighted by Crippen LogP contribution is -2.25. The van der Waals surface area contributed by atoms with Gasteiger partial charge in [0.15, 0.2) is 0 Å². The summed E-state index contributed by atoms with van der Waals surface area (Å²) in [6.45, 7) is 3.27. The van der Waals surface area contributed by atoms with Crippen molar-refractivity contribution in [2.45, 2.75) is 19.5 Å². The Bertz CT molecular complexity index is 561. The maximum atomic E-state index is 6.08. The molecule has 1 heterocycles. The van der Waals surface area contributed by atoms with E-state index in [0.29, 0.717) is 16.6 Å². The molecule has 2 N–H and O–H groups in total. The van der Waals surface area contributed by atoms with Gasteiger partial charge in [-0.1, -0.05) is 35.3 Å². The van der Waals surface area contributed by atoms with Crippen molar-refractivity contribution in [2.24, 2.45) is 5.73 Å². The number of aromatic nitrogens is 1. The fourth-order valence-corrected chi connectivity index (χ4v) is 2.50. The number of hydrogen-bond acceptors (Lipinski definition) is 3. The zero-order valence-electron chi connectivity index (χ0n) is 11.8. The third-order valence-electron chi connectivity index (χ3n) is 3.20. The standard InChI is InChI=1S/C16H19Cl2N3/c17-15-5-4-13(9-16(15)18)11-21(8-2-6-19)12-14-3-1-7-20-10-14/h1,3-5,7,9-10H,2,6,8,11-12,19H2. The molecule has 0 bridgehead atoms. The molecule has 112 valence electrons. The quantitative estimate of drug-likeness (QED) is 0.844. The molecule has 0 atom stereocenters. The first kappa shape index (κ1) is 16.2. The van der Waals surface area contributed by atoms with Crippen LogP contribution in [0.2, 0.25) is 10.0 Å². The lowest BCUT2D eigenvalue weighted by Gasteiger charge is -2.22. The van der Waals surface area contributed by atoms with E-state index < -0.39 is 0 Å². The van der Waals surface area contributed by atoms with E-state index in [2.05, 4.69) is 16.0 Å². The molecule has 1 aromatic carbocycles. The summed E-state index contributed by atoms with van der Waals surface area (Å²) in [4.78, 5) is 6.50. The zero-order chi connectivity index (χ0) is 15.1. The van der Waals surface area contributed by atoms with Gasteiger partial charge in [0.25, 0.3) is 0 Å². The number of nitrogens with zero attached hydrogens (tertiary/aromatic N) is 2. The first-order valence-electron chi connectivity index (χ1n) is 6.94. The highest BCUT2D eigenvalue weighted by atomic mass is 35.5. The molecule has 2 aromatic rings. The van der Waals surface area contributed by atoms with Gasteiger partial charge in [-0.2, -0.15) is 0 Å². The molecule has 2 rings (SSSR count). The average molecular weight is 324 g/mol. The van der Waals surface area contributed by atoms with Gasteiger partial charge < -0.3 is 5.73 Å². The van der Waals surface area contributed by atoms with Crippen molar-refractivity contribution in [3.05, 3.63) is 63.9 Å². The summed E-state index contributed by atoms with van der Waals surface area (Å²) in [6.07, 6.45) is 4.64. The van der Waals surface area contributed by atoms with Crippen LogP contribution in [-0.4, -0.2) is 23.0 Å². The van der Waals surface area contributed by atoms with Crippen LogP contribution in [0.4, 0.5) is 0 Å². The van der Waals surface area contributed by atoms with Gasteiger partial charge in [0.1, 0.15) is 0 Å². The van der Waals surface area contributed by atoms with E-state index in [9.17, 15) is 0 Å². The molecule has 0 aliphatic carbocycles. The Morgan fingerprint density at radius 2 is 1.86 bits per heavy atom. The van der Waals surface area contributed by atoms with Crippen LogP contribution in [0, 0.1) is 0 Å². The van der Waals surface area contributed by atoms with Gasteiger partial charge in [0, 0.05) is 32.0 Å². The smallest absolute Gasteiger partial charge is 0.0595 e. The van der Waals surface area contributed by atoms with Crippen molar-refractivity contribution >= 4 is 23.2 Å². The Hall–Kier alpha value is -1.13. The highest BCUT2D eigenvalue weighted by Crippen LogP contribution is 2.23. The van der Waals surface area contributed by atoms with Crippen LogP contribution in [-0.2, 0) is 13.1 Å². The predicted molar refractivity (Wildman–Crippen MR) is 88.5 cm³/mol. The van der Waals surface area contributed by atoms with Gasteiger partial charge in [-0.15, -0.1) is 0 Å². The number of rotatable bonds is 7. The second-order valence-electron chi connectivity index (χ2n) is 4.96. The maximum Gasteiger partial charge on any atom is 0.0595 e. The predicted octanol–water partition coefficient (Wildman–Crippen LogP) is 3.74. The summed E-state index contributed by atoms with van der Waals surface area (Å²) in [7, 11) is 0. The van der Waals surface area contributed by atoms with Crippen molar-refractivity contribution in [1.82, 2.24) is 9.88 Å². The molecule has 0 spiro atoms. The van der Waals surface area contributed by atoms with Crippen LogP contribution in [0.3, 0.4) is 0 Å². The molecule has 0 fully saturated rings. The van der Waals surface area contributed by atoms with Gasteiger partial charge in [-0.3, -0.25) is 9.88 Å². The minimum absolute atomic E-state index is 0.584. The first-order chi connectivity index (χ1) is 10.2. The van der Waals surface area contributed by atoms with E-state index in [1.54, 1.807) is 6.20 Å². The van der Waals surface area contributed by atoms with Crippen molar-refractivity contribution in [2.75, 3.05) is 13.1 Å². The van der Waals surface area contributed by atoms with E-state index in [4.69, 9.17) is 28.9 Å². The van der Waals surface area contributed by atoms with Crippen LogP contribution >= 0.6 is 23.2 Å². The normalized spacial score (nSPS) is 11.0. The molecule has 0 unspecified atom stereocenters. The molecule has 1 aromatic heterocycles. The molecule has 0 saturated carbocycles. The zero-order valence-corrected chi connectivity index (χ0v) is 13.3. The highest BCUT2D eigenvalue weighted by molar-refractivity contribution is 6.42. The molecule has 0 aliphatic rings. The van der Waals surface area contributed by atoms with Crippen LogP contribution in [0.15, 0.2) is 42.7 Å². The minimum atomic E-state index is 0.584. The van der Waals surface area contributed by atoms with Gasteiger partial charge in [-0.05, 0) is 42.3 Å². The Kier molecular flexibility index (Phi) is 6.46. The summed E-state index contributed by atoms with van der Waals surface area (Å²) in [5, 5.41) is 1.18. The molecule has 0 saturated heterocycles. The molecule has 0 radical (unpaired) electrons. The van der Waals surface area contributed by atoms with E-state index in [0.717, 1.165) is 31.6 Å². The molecular weight excluding hydrogens is 305 g/mol. The monoisotopic (exact) mass is 323 g/mol. The van der Waals surface area contributed by atoms with Gasteiger partial charge in [0.05, 0.1) is 10.0 Å². The van der Waals surface area contributed by atoms with E-state index in [-0.39, 0.29) is 0 Å². The van der Waals surface area contributed by atoms with Crippen molar-refractivity contribution in [3.63, 3.8) is 0 Å². The fraction of sp³-hybridized carbons (Fsp3) is 0.312. The Morgan fingerprint density at radius 1 is 1.05 bits per heavy atom. The summed E-state index contributed by atoms with van der Waals surface area (Å²) in [5.41, 5.74) is 7.96. The first-order valence-corrected chi connectivity index (χ1v) is 7.70. The SMILES string of the molecule is NCCCN(Cc1cccnc1)Cc1ccc(Cl)c(Cl)c1. The average Bonchev–Trinajstić information content (AvgIpc) is 2.49. The van der Waals surface area contributed by atoms with Crippen LogP contribution < -0.4 is 5.73 Å². The highest BCUT2D eigenvalue weighted by Gasteiger charge is 2.08. The molecule has 21 heavy (non-hydrogen) atoms. The van der Waals surface area contributed by atoms with E-state index >= 15 is 0 Å². The number of pyridine rings is 1. The Balaban J connectivity index is 2.06. The largest absolute Gasteiger partial charge is 0.330 e. The summed E-state index contributed by atoms with van der Waals surface area (Å²) in [5.74, 6) is 0. The van der Waals surface area contributed by atoms with Crippen molar-refractivity contribution in [1.29, 1.82) is 0 Å². The molecule has 5 heteroatoms. The number of hydrogen-bond donors (Lipinski definition) is 1. The van der Waals surface area contributed by atoms with Crippen LogP contribution in [0.1, 0.15) is 17.5 Å². The maximum absolute atomic E-state index is 6.08. The second kappa shape index (κ2) is 8.35. The molecule has 3 nitrogen and oxygen atoms in total. The van der Waals surface area contributed by atoms with E-state index in [1.807, 2.05) is 30.5 Å². The number of nitrogens with two attached hydrogens (primary N) is 1. The third kappa shape index (κ3) is 5.29. The van der Waals surface area contributed by atoms with Crippen LogP contribution in [0.5, 0.6) is 0 Å². The van der Waals surface area contributed by atoms with Gasteiger partial charge in [0.2, 0.25) is 0 Å². The fourth-order valence-electron chi connectivity index (χ4n) is 2.17. The topological polar surface area (TPSA) is 42.1 Å². The molecular formula is C16H19Cl2N3. The minimum Gasteiger partial charge on any atom is -0.330 e. The molecule has 0 amide bonds. The number of benzene rings is 1. The lowest BCUT2D eigenvalue weighted by atomic mass is 10.2. The second-order valence-corrected chi connectivity index (χ2v) is 5.78. The Morgan fingerprint density at radius 3 is 2.52 bits per heavy atom. The van der Waals surface area contributed by atoms with Crippen molar-refractivity contribution in [3.8, 4) is 0 Å². The number of halogens is 2. The summed E-state index contributed by atoms with van der Waals surface area (Å²) >= 11 is 12.0. The van der Waals surface area contributed by atoms with Crippen molar-refractivity contribution < 1.29 is 0 Å². The van der Waals surface area contributed by atoms with E-state index in [1.165, 1.54) is 5.56 Å². The van der Waals surface area contributed by atoms with Crippen LogP contribution in [0.25, 0.3) is 0 Å². The summed E-state index contributed by atoms with van der Waals surface area (Å²) < 4.78 is 0. The lowest BCUT2D eigenvalue weighted by molar-refractivity contribution is 0.255. The molecule has 0 aliphatic heterocycles. The van der Waals surface area contributed by atoms with Gasteiger partial charge in [-0.25, -0.2) is 0 Å².